The largest absolute Gasteiger partial charge is 0.493 e. The van der Waals surface area contributed by atoms with Crippen molar-refractivity contribution in [3.05, 3.63) is 24.3 Å². The van der Waals surface area contributed by atoms with Gasteiger partial charge in [0, 0.05) is 26.2 Å². The van der Waals surface area contributed by atoms with Crippen LogP contribution < -0.4 is 20.1 Å². The van der Waals surface area contributed by atoms with Crippen LogP contribution in [0.4, 0.5) is 0 Å². The van der Waals surface area contributed by atoms with Crippen molar-refractivity contribution in [3.63, 3.8) is 0 Å². The van der Waals surface area contributed by atoms with Crippen molar-refractivity contribution in [2.45, 2.75) is 38.8 Å². The van der Waals surface area contributed by atoms with Gasteiger partial charge < -0.3 is 20.1 Å². The van der Waals surface area contributed by atoms with Gasteiger partial charge in [-0.1, -0.05) is 19.1 Å². The molecule has 26 heavy (non-hydrogen) atoms. The minimum absolute atomic E-state index is 0. The quantitative estimate of drug-likeness (QED) is 0.309. The molecule has 1 atom stereocenters. The summed E-state index contributed by atoms with van der Waals surface area (Å²) >= 11 is 0. The number of hydrogen-bond acceptors (Lipinski definition) is 4. The first kappa shape index (κ1) is 22.8. The average Bonchev–Trinajstić information content (AvgIpc) is 3.46. The van der Waals surface area contributed by atoms with E-state index in [2.05, 4.69) is 27.4 Å². The fourth-order valence-electron chi connectivity index (χ4n) is 2.79. The first-order valence-corrected chi connectivity index (χ1v) is 9.16. The van der Waals surface area contributed by atoms with Gasteiger partial charge in [0.05, 0.1) is 13.7 Å². The maximum absolute atomic E-state index is 5.95. The van der Waals surface area contributed by atoms with Crippen molar-refractivity contribution in [2.24, 2.45) is 4.99 Å². The highest BCUT2D eigenvalue weighted by atomic mass is 127. The van der Waals surface area contributed by atoms with Crippen LogP contribution in [0, 0.1) is 0 Å². The molecule has 148 valence electrons. The molecule has 1 unspecified atom stereocenters. The Morgan fingerprint density at radius 1 is 1.27 bits per heavy atom. The molecule has 0 spiro atoms. The minimum atomic E-state index is -0.00606. The van der Waals surface area contributed by atoms with Gasteiger partial charge >= 0.3 is 0 Å². The zero-order valence-corrected chi connectivity index (χ0v) is 18.7. The van der Waals surface area contributed by atoms with Crippen LogP contribution in [0.1, 0.15) is 26.7 Å². The number of benzene rings is 1. The van der Waals surface area contributed by atoms with E-state index < -0.39 is 0 Å². The van der Waals surface area contributed by atoms with Crippen molar-refractivity contribution >= 4 is 29.9 Å². The summed E-state index contributed by atoms with van der Waals surface area (Å²) in [6.07, 6.45) is 2.69. The van der Waals surface area contributed by atoms with Crippen LogP contribution in [-0.2, 0) is 0 Å². The Bertz CT molecular complexity index is 552. The first-order chi connectivity index (χ1) is 12.2. The SMILES string of the molecule is CCN(CCNC(=NC)NCC(C)Oc1ccccc1OC)C1CC1.I. The van der Waals surface area contributed by atoms with Gasteiger partial charge in [0.15, 0.2) is 17.5 Å². The third kappa shape index (κ3) is 7.57. The summed E-state index contributed by atoms with van der Waals surface area (Å²) in [6.45, 7) is 7.97. The topological polar surface area (TPSA) is 58.1 Å². The third-order valence-corrected chi connectivity index (χ3v) is 4.34. The molecular weight excluding hydrogens is 443 g/mol. The lowest BCUT2D eigenvalue weighted by Crippen LogP contribution is -2.44. The van der Waals surface area contributed by atoms with Crippen LogP contribution in [-0.4, -0.2) is 63.3 Å². The van der Waals surface area contributed by atoms with Crippen molar-refractivity contribution < 1.29 is 9.47 Å². The van der Waals surface area contributed by atoms with Gasteiger partial charge in [-0.25, -0.2) is 0 Å². The van der Waals surface area contributed by atoms with E-state index >= 15 is 0 Å². The normalized spacial score (nSPS) is 15.2. The summed E-state index contributed by atoms with van der Waals surface area (Å²) in [4.78, 5) is 6.80. The van der Waals surface area contributed by atoms with Gasteiger partial charge in [-0.2, -0.15) is 0 Å². The molecule has 0 aliphatic heterocycles. The molecule has 1 aromatic rings. The van der Waals surface area contributed by atoms with Crippen molar-refractivity contribution in [1.29, 1.82) is 0 Å². The Morgan fingerprint density at radius 2 is 1.96 bits per heavy atom. The van der Waals surface area contributed by atoms with E-state index in [-0.39, 0.29) is 30.1 Å². The van der Waals surface area contributed by atoms with Gasteiger partial charge in [0.2, 0.25) is 0 Å². The van der Waals surface area contributed by atoms with Crippen LogP contribution in [0.15, 0.2) is 29.3 Å². The summed E-state index contributed by atoms with van der Waals surface area (Å²) in [7, 11) is 3.44. The minimum Gasteiger partial charge on any atom is -0.493 e. The smallest absolute Gasteiger partial charge is 0.191 e. The molecule has 2 rings (SSSR count). The second kappa shape index (κ2) is 12.2. The lowest BCUT2D eigenvalue weighted by molar-refractivity contribution is 0.213. The Labute approximate surface area is 174 Å². The number of methoxy groups -OCH3 is 1. The molecule has 7 heteroatoms. The molecule has 0 radical (unpaired) electrons. The third-order valence-electron chi connectivity index (χ3n) is 4.34. The Balaban J connectivity index is 0.00000338. The molecule has 0 heterocycles. The van der Waals surface area contributed by atoms with Gasteiger partial charge in [-0.05, 0) is 38.4 Å². The molecule has 1 fully saturated rings. The van der Waals surface area contributed by atoms with Crippen LogP contribution >= 0.6 is 24.0 Å². The zero-order valence-electron chi connectivity index (χ0n) is 16.3. The summed E-state index contributed by atoms with van der Waals surface area (Å²) in [6, 6.07) is 8.49. The number of aliphatic imine (C=N–C) groups is 1. The molecule has 0 bridgehead atoms. The van der Waals surface area contributed by atoms with Gasteiger partial charge in [0.1, 0.15) is 6.10 Å². The second-order valence-electron chi connectivity index (χ2n) is 6.32. The fraction of sp³-hybridized carbons (Fsp3) is 0.632. The Kier molecular flexibility index (Phi) is 10.7. The van der Waals surface area contributed by atoms with E-state index in [4.69, 9.17) is 9.47 Å². The van der Waals surface area contributed by atoms with Crippen molar-refractivity contribution in [2.75, 3.05) is 40.3 Å². The molecule has 2 N–H and O–H groups in total. The van der Waals surface area contributed by atoms with Crippen molar-refractivity contribution in [3.8, 4) is 11.5 Å². The number of rotatable bonds is 10. The second-order valence-corrected chi connectivity index (χ2v) is 6.32. The summed E-state index contributed by atoms with van der Waals surface area (Å²) in [5.74, 6) is 2.31. The Hall–Kier alpha value is -1.22. The molecule has 1 aromatic carbocycles. The highest BCUT2D eigenvalue weighted by Crippen LogP contribution is 2.27. The predicted octanol–water partition coefficient (Wildman–Crippen LogP) is 2.73. The summed E-state index contributed by atoms with van der Waals surface area (Å²) in [5, 5.41) is 6.69. The maximum Gasteiger partial charge on any atom is 0.191 e. The maximum atomic E-state index is 5.95. The molecule has 0 saturated heterocycles. The lowest BCUT2D eigenvalue weighted by atomic mass is 10.3. The number of ether oxygens (including phenoxy) is 2. The van der Waals surface area contributed by atoms with Crippen LogP contribution in [0.3, 0.4) is 0 Å². The molecule has 6 nitrogen and oxygen atoms in total. The molecule has 0 amide bonds. The molecule has 1 aliphatic carbocycles. The van der Waals surface area contributed by atoms with Crippen LogP contribution in [0.25, 0.3) is 0 Å². The first-order valence-electron chi connectivity index (χ1n) is 9.16. The highest BCUT2D eigenvalue weighted by Gasteiger charge is 2.27. The Morgan fingerprint density at radius 3 is 2.54 bits per heavy atom. The van der Waals surface area contributed by atoms with E-state index in [1.165, 1.54) is 12.8 Å². The van der Waals surface area contributed by atoms with Gasteiger partial charge in [0.25, 0.3) is 0 Å². The fourth-order valence-corrected chi connectivity index (χ4v) is 2.79. The number of nitrogens with zero attached hydrogens (tertiary/aromatic N) is 2. The molecule has 1 saturated carbocycles. The van der Waals surface area contributed by atoms with E-state index in [1.54, 1.807) is 14.2 Å². The zero-order chi connectivity index (χ0) is 18.1. The number of hydrogen-bond donors (Lipinski definition) is 2. The van der Waals surface area contributed by atoms with E-state index in [9.17, 15) is 0 Å². The van der Waals surface area contributed by atoms with Crippen LogP contribution in [0.2, 0.25) is 0 Å². The summed E-state index contributed by atoms with van der Waals surface area (Å²) < 4.78 is 11.3. The summed E-state index contributed by atoms with van der Waals surface area (Å²) in [5.41, 5.74) is 0. The van der Waals surface area contributed by atoms with E-state index in [0.717, 1.165) is 43.1 Å². The molecule has 0 aromatic heterocycles. The van der Waals surface area contributed by atoms with Crippen molar-refractivity contribution in [1.82, 2.24) is 15.5 Å². The molecule has 1 aliphatic rings. The highest BCUT2D eigenvalue weighted by molar-refractivity contribution is 14.0. The number of nitrogens with one attached hydrogen (secondary N) is 2. The number of likely N-dealkylation sites (N-methyl/N-ethyl adjacent to an activating group) is 1. The predicted molar refractivity (Wildman–Crippen MR) is 118 cm³/mol. The average molecular weight is 476 g/mol. The van der Waals surface area contributed by atoms with E-state index in [1.807, 2.05) is 31.2 Å². The van der Waals surface area contributed by atoms with Gasteiger partial charge in [-0.15, -0.1) is 24.0 Å². The van der Waals surface area contributed by atoms with Crippen LogP contribution in [0.5, 0.6) is 11.5 Å². The van der Waals surface area contributed by atoms with Gasteiger partial charge in [-0.3, -0.25) is 9.89 Å². The number of para-hydroxylation sites is 2. The number of guanidine groups is 1. The van der Waals surface area contributed by atoms with E-state index in [0.29, 0.717) is 6.54 Å². The lowest BCUT2D eigenvalue weighted by Gasteiger charge is -2.22. The number of halogens is 1. The standard InChI is InChI=1S/C19H32N4O2.HI/c1-5-23(16-10-11-16)13-12-21-19(20-3)22-14-15(2)25-18-9-7-6-8-17(18)24-4;/h6-9,15-16H,5,10-14H2,1-4H3,(H2,20,21,22);1H. The monoisotopic (exact) mass is 476 g/mol. The molecular formula is C19H33IN4O2.